The third kappa shape index (κ3) is 1.97. The molecule has 3 nitrogen and oxygen atoms in total. The highest BCUT2D eigenvalue weighted by Gasteiger charge is 2.27. The third-order valence-electron chi connectivity index (χ3n) is 2.93. The highest BCUT2D eigenvalue weighted by molar-refractivity contribution is 4.86. The normalized spacial score (nSPS) is 41.2. The number of rotatable bonds is 3. The molecule has 1 aliphatic heterocycles. The van der Waals surface area contributed by atoms with Crippen LogP contribution < -0.4 is 10.6 Å². The fourth-order valence-electron chi connectivity index (χ4n) is 1.99. The summed E-state index contributed by atoms with van der Waals surface area (Å²) in [5.74, 6) is 0. The van der Waals surface area contributed by atoms with Gasteiger partial charge in [0.15, 0.2) is 0 Å². The number of aliphatic hydroxyl groups excluding tert-OH is 1. The summed E-state index contributed by atoms with van der Waals surface area (Å²) in [7, 11) is 0. The minimum Gasteiger partial charge on any atom is -0.393 e. The molecule has 0 amide bonds. The van der Waals surface area contributed by atoms with E-state index in [-0.39, 0.29) is 6.10 Å². The SMILES string of the molecule is OC1CC(NCC2CCCN2)C1. The van der Waals surface area contributed by atoms with Crippen LogP contribution in [0, 0.1) is 0 Å². The van der Waals surface area contributed by atoms with Crippen LogP contribution in [0.1, 0.15) is 25.7 Å². The van der Waals surface area contributed by atoms with Gasteiger partial charge in [0.1, 0.15) is 0 Å². The van der Waals surface area contributed by atoms with Gasteiger partial charge in [0.2, 0.25) is 0 Å². The summed E-state index contributed by atoms with van der Waals surface area (Å²) in [4.78, 5) is 0. The Morgan fingerprint density at radius 2 is 2.25 bits per heavy atom. The van der Waals surface area contributed by atoms with E-state index in [4.69, 9.17) is 5.11 Å². The van der Waals surface area contributed by atoms with E-state index in [0.717, 1.165) is 19.4 Å². The van der Waals surface area contributed by atoms with Gasteiger partial charge in [-0.25, -0.2) is 0 Å². The zero-order chi connectivity index (χ0) is 8.39. The van der Waals surface area contributed by atoms with Gasteiger partial charge in [-0.15, -0.1) is 0 Å². The molecule has 0 aromatic carbocycles. The maximum Gasteiger partial charge on any atom is 0.0570 e. The van der Waals surface area contributed by atoms with Crippen molar-refractivity contribution in [3.05, 3.63) is 0 Å². The minimum absolute atomic E-state index is 0.0287. The molecule has 3 N–H and O–H groups in total. The van der Waals surface area contributed by atoms with E-state index >= 15 is 0 Å². The maximum absolute atomic E-state index is 9.05. The van der Waals surface area contributed by atoms with Crippen molar-refractivity contribution in [2.75, 3.05) is 13.1 Å². The highest BCUT2D eigenvalue weighted by atomic mass is 16.3. The quantitative estimate of drug-likeness (QED) is 0.552. The fourth-order valence-corrected chi connectivity index (χ4v) is 1.99. The topological polar surface area (TPSA) is 44.3 Å². The van der Waals surface area contributed by atoms with Gasteiger partial charge in [-0.3, -0.25) is 0 Å². The molecular formula is C9H18N2O. The van der Waals surface area contributed by atoms with E-state index in [2.05, 4.69) is 10.6 Å². The highest BCUT2D eigenvalue weighted by Crippen LogP contribution is 2.19. The first-order chi connectivity index (χ1) is 5.84. The molecule has 1 atom stereocenters. The minimum atomic E-state index is -0.0287. The zero-order valence-corrected chi connectivity index (χ0v) is 7.42. The largest absolute Gasteiger partial charge is 0.393 e. The summed E-state index contributed by atoms with van der Waals surface area (Å²) in [6.45, 7) is 2.26. The standard InChI is InChI=1S/C9H18N2O/c12-9-4-8(5-9)11-6-7-2-1-3-10-7/h7-12H,1-6H2. The van der Waals surface area contributed by atoms with Gasteiger partial charge in [-0.1, -0.05) is 0 Å². The van der Waals surface area contributed by atoms with Crippen LogP contribution in [-0.2, 0) is 0 Å². The predicted octanol–water partition coefficient (Wildman–Crippen LogP) is -0.149. The van der Waals surface area contributed by atoms with Crippen LogP contribution in [-0.4, -0.2) is 36.4 Å². The Balaban J connectivity index is 1.56. The molecule has 2 fully saturated rings. The van der Waals surface area contributed by atoms with Gasteiger partial charge < -0.3 is 15.7 Å². The summed E-state index contributed by atoms with van der Waals surface area (Å²) in [5, 5.41) is 16.0. The van der Waals surface area contributed by atoms with E-state index in [1.54, 1.807) is 0 Å². The second-order valence-electron chi connectivity index (χ2n) is 4.02. The van der Waals surface area contributed by atoms with E-state index in [9.17, 15) is 0 Å². The lowest BCUT2D eigenvalue weighted by Gasteiger charge is -2.33. The first-order valence-electron chi connectivity index (χ1n) is 4.99. The average Bonchev–Trinajstić information content (AvgIpc) is 2.47. The second kappa shape index (κ2) is 3.73. The van der Waals surface area contributed by atoms with Crippen LogP contribution in [0.5, 0.6) is 0 Å². The molecule has 0 aromatic rings. The van der Waals surface area contributed by atoms with Crippen molar-refractivity contribution < 1.29 is 5.11 Å². The molecule has 1 unspecified atom stereocenters. The van der Waals surface area contributed by atoms with E-state index < -0.39 is 0 Å². The van der Waals surface area contributed by atoms with Gasteiger partial charge in [-0.2, -0.15) is 0 Å². The summed E-state index contributed by atoms with van der Waals surface area (Å²) in [5.41, 5.74) is 0. The Morgan fingerprint density at radius 3 is 2.83 bits per heavy atom. The molecular weight excluding hydrogens is 152 g/mol. The Hall–Kier alpha value is -0.120. The number of aliphatic hydroxyl groups is 1. The van der Waals surface area contributed by atoms with Crippen molar-refractivity contribution in [3.8, 4) is 0 Å². The molecule has 2 rings (SSSR count). The summed E-state index contributed by atoms with van der Waals surface area (Å²) < 4.78 is 0. The molecule has 0 spiro atoms. The van der Waals surface area contributed by atoms with Crippen LogP contribution >= 0.6 is 0 Å². The Labute approximate surface area is 73.5 Å². The maximum atomic E-state index is 9.05. The first-order valence-corrected chi connectivity index (χ1v) is 4.99. The molecule has 1 saturated heterocycles. The van der Waals surface area contributed by atoms with Crippen LogP contribution in [0.3, 0.4) is 0 Å². The van der Waals surface area contributed by atoms with Gasteiger partial charge in [-0.05, 0) is 32.2 Å². The lowest BCUT2D eigenvalue weighted by molar-refractivity contribution is 0.0619. The van der Waals surface area contributed by atoms with E-state index in [1.165, 1.54) is 19.4 Å². The van der Waals surface area contributed by atoms with Crippen LogP contribution in [0.2, 0.25) is 0 Å². The van der Waals surface area contributed by atoms with Crippen molar-refractivity contribution in [2.45, 2.75) is 43.9 Å². The second-order valence-corrected chi connectivity index (χ2v) is 4.02. The number of nitrogens with one attached hydrogen (secondary N) is 2. The molecule has 1 heterocycles. The molecule has 0 bridgehead atoms. The van der Waals surface area contributed by atoms with Crippen molar-refractivity contribution in [3.63, 3.8) is 0 Å². The molecule has 1 saturated carbocycles. The predicted molar refractivity (Wildman–Crippen MR) is 48.1 cm³/mol. The van der Waals surface area contributed by atoms with Crippen LogP contribution in [0.25, 0.3) is 0 Å². The first kappa shape index (κ1) is 8.48. The lowest BCUT2D eigenvalue weighted by atomic mass is 9.89. The van der Waals surface area contributed by atoms with E-state index in [1.807, 2.05) is 0 Å². The summed E-state index contributed by atoms with van der Waals surface area (Å²) >= 11 is 0. The molecule has 2 aliphatic rings. The molecule has 1 aliphatic carbocycles. The Kier molecular flexibility index (Phi) is 2.63. The molecule has 3 heteroatoms. The monoisotopic (exact) mass is 170 g/mol. The summed E-state index contributed by atoms with van der Waals surface area (Å²) in [6, 6.07) is 1.27. The lowest BCUT2D eigenvalue weighted by Crippen LogP contribution is -2.48. The van der Waals surface area contributed by atoms with Gasteiger partial charge in [0.05, 0.1) is 6.10 Å². The van der Waals surface area contributed by atoms with E-state index in [0.29, 0.717) is 12.1 Å². The molecule has 70 valence electrons. The van der Waals surface area contributed by atoms with Crippen LogP contribution in [0.15, 0.2) is 0 Å². The van der Waals surface area contributed by atoms with Crippen LogP contribution in [0.4, 0.5) is 0 Å². The molecule has 12 heavy (non-hydrogen) atoms. The van der Waals surface area contributed by atoms with Gasteiger partial charge in [0, 0.05) is 18.6 Å². The Bertz CT molecular complexity index is 139. The van der Waals surface area contributed by atoms with Crippen molar-refractivity contribution in [1.29, 1.82) is 0 Å². The summed E-state index contributed by atoms with van der Waals surface area (Å²) in [6.07, 6.45) is 4.50. The molecule has 0 radical (unpaired) electrons. The zero-order valence-electron chi connectivity index (χ0n) is 7.42. The number of hydrogen-bond donors (Lipinski definition) is 3. The van der Waals surface area contributed by atoms with Crippen molar-refractivity contribution in [2.24, 2.45) is 0 Å². The van der Waals surface area contributed by atoms with Gasteiger partial charge >= 0.3 is 0 Å². The van der Waals surface area contributed by atoms with Crippen molar-refractivity contribution >= 4 is 0 Å². The Morgan fingerprint density at radius 1 is 1.42 bits per heavy atom. The fraction of sp³-hybridized carbons (Fsp3) is 1.00. The third-order valence-corrected chi connectivity index (χ3v) is 2.93. The smallest absolute Gasteiger partial charge is 0.0570 e. The van der Waals surface area contributed by atoms with Crippen molar-refractivity contribution in [1.82, 2.24) is 10.6 Å². The van der Waals surface area contributed by atoms with Gasteiger partial charge in [0.25, 0.3) is 0 Å². The number of hydrogen-bond acceptors (Lipinski definition) is 3. The molecule has 0 aromatic heterocycles. The average molecular weight is 170 g/mol.